The van der Waals surface area contributed by atoms with Crippen molar-refractivity contribution >= 4 is 18.0 Å². The Morgan fingerprint density at radius 3 is 2.52 bits per heavy atom. The van der Waals surface area contributed by atoms with Gasteiger partial charge in [-0.05, 0) is 35.6 Å². The monoisotopic (exact) mass is 293 g/mol. The second-order valence-electron chi connectivity index (χ2n) is 5.98. The lowest BCUT2D eigenvalue weighted by Crippen LogP contribution is -2.28. The number of hydrogen-bond donors (Lipinski definition) is 2. The van der Waals surface area contributed by atoms with Crippen molar-refractivity contribution in [3.05, 3.63) is 41.2 Å². The van der Waals surface area contributed by atoms with Crippen molar-refractivity contribution in [2.45, 2.75) is 27.2 Å². The molecule has 2 N–H and O–H groups in total. The van der Waals surface area contributed by atoms with Crippen LogP contribution >= 0.6 is 0 Å². The van der Waals surface area contributed by atoms with Crippen LogP contribution in [0.5, 0.6) is 0 Å². The summed E-state index contributed by atoms with van der Waals surface area (Å²) in [5, 5.41) is 11.2. The molecule has 1 rings (SSSR count). The van der Waals surface area contributed by atoms with E-state index in [0.29, 0.717) is 12.1 Å². The van der Waals surface area contributed by atoms with Crippen molar-refractivity contribution in [1.29, 1.82) is 0 Å². The summed E-state index contributed by atoms with van der Waals surface area (Å²) < 4.78 is 13.8. The van der Waals surface area contributed by atoms with E-state index in [1.54, 1.807) is 0 Å². The third-order valence-electron chi connectivity index (χ3n) is 2.82. The number of aliphatic carboxylic acids is 1. The van der Waals surface area contributed by atoms with E-state index in [0.717, 1.165) is 18.6 Å². The number of carboxylic acids is 1. The quantitative estimate of drug-likeness (QED) is 0.820. The fourth-order valence-corrected chi connectivity index (χ4v) is 1.63. The topological polar surface area (TPSA) is 66.4 Å². The summed E-state index contributed by atoms with van der Waals surface area (Å²) in [4.78, 5) is 22.3. The second kappa shape index (κ2) is 7.02. The molecule has 21 heavy (non-hydrogen) atoms. The molecule has 5 heteroatoms. The summed E-state index contributed by atoms with van der Waals surface area (Å²) in [6.07, 6.45) is 2.98. The summed E-state index contributed by atoms with van der Waals surface area (Å²) in [5.41, 5.74) is 0.439. The average molecular weight is 293 g/mol. The van der Waals surface area contributed by atoms with Crippen LogP contribution in [0, 0.1) is 11.2 Å². The van der Waals surface area contributed by atoms with Gasteiger partial charge < -0.3 is 10.4 Å². The maximum absolute atomic E-state index is 13.8. The lowest BCUT2D eigenvalue weighted by molar-refractivity contribution is -0.131. The van der Waals surface area contributed by atoms with Crippen molar-refractivity contribution in [3.63, 3.8) is 0 Å². The van der Waals surface area contributed by atoms with Crippen molar-refractivity contribution < 1.29 is 19.1 Å². The van der Waals surface area contributed by atoms with Gasteiger partial charge in [-0.1, -0.05) is 26.8 Å². The first kappa shape index (κ1) is 16.9. The van der Waals surface area contributed by atoms with E-state index in [2.05, 4.69) is 26.1 Å². The van der Waals surface area contributed by atoms with Crippen LogP contribution in [0.15, 0.2) is 24.3 Å². The lowest BCUT2D eigenvalue weighted by Gasteiger charge is -2.18. The highest BCUT2D eigenvalue weighted by Crippen LogP contribution is 2.17. The molecule has 0 unspecified atom stereocenters. The molecule has 0 fully saturated rings. The first-order valence-electron chi connectivity index (χ1n) is 6.68. The average Bonchev–Trinajstić information content (AvgIpc) is 2.34. The van der Waals surface area contributed by atoms with Crippen LogP contribution in [0.4, 0.5) is 4.39 Å². The van der Waals surface area contributed by atoms with Gasteiger partial charge in [0, 0.05) is 12.6 Å². The Hall–Kier alpha value is -2.17. The minimum Gasteiger partial charge on any atom is -0.478 e. The lowest BCUT2D eigenvalue weighted by atomic mass is 9.92. The number of halogens is 1. The Balaban J connectivity index is 2.71. The molecule has 0 aromatic heterocycles. The standard InChI is InChI=1S/C16H20FNO3/c1-16(2,3)8-9-18-15(21)12-6-4-11(10-13(12)17)5-7-14(19)20/h4-7,10H,8-9H2,1-3H3,(H,18,21)(H,19,20)/b7-5+. The number of carboxylic acid groups (broad SMARTS) is 1. The van der Waals surface area contributed by atoms with E-state index in [1.807, 2.05) is 0 Å². The molecule has 1 aromatic carbocycles. The van der Waals surface area contributed by atoms with Crippen LogP contribution in [-0.2, 0) is 4.79 Å². The minimum absolute atomic E-state index is 0.0450. The summed E-state index contributed by atoms with van der Waals surface area (Å²) in [6, 6.07) is 3.99. The predicted molar refractivity (Wildman–Crippen MR) is 79.5 cm³/mol. The summed E-state index contributed by atoms with van der Waals surface area (Å²) in [5.74, 6) is -2.25. The summed E-state index contributed by atoms with van der Waals surface area (Å²) in [6.45, 7) is 6.65. The third kappa shape index (κ3) is 6.21. The van der Waals surface area contributed by atoms with Crippen LogP contribution in [0.2, 0.25) is 0 Å². The van der Waals surface area contributed by atoms with Crippen LogP contribution in [0.1, 0.15) is 43.1 Å². The molecule has 1 amide bonds. The van der Waals surface area contributed by atoms with Gasteiger partial charge in [0.1, 0.15) is 5.82 Å². The van der Waals surface area contributed by atoms with Gasteiger partial charge in [-0.15, -0.1) is 0 Å². The van der Waals surface area contributed by atoms with Crippen molar-refractivity contribution in [2.75, 3.05) is 6.54 Å². The van der Waals surface area contributed by atoms with Crippen molar-refractivity contribution in [1.82, 2.24) is 5.32 Å². The van der Waals surface area contributed by atoms with Gasteiger partial charge in [0.05, 0.1) is 5.56 Å². The summed E-state index contributed by atoms with van der Waals surface area (Å²) in [7, 11) is 0. The largest absolute Gasteiger partial charge is 0.478 e. The number of benzene rings is 1. The minimum atomic E-state index is -1.11. The first-order valence-corrected chi connectivity index (χ1v) is 6.68. The second-order valence-corrected chi connectivity index (χ2v) is 5.98. The Morgan fingerprint density at radius 1 is 1.33 bits per heavy atom. The smallest absolute Gasteiger partial charge is 0.328 e. The zero-order valence-electron chi connectivity index (χ0n) is 12.4. The zero-order chi connectivity index (χ0) is 16.0. The molecular formula is C16H20FNO3. The Bertz CT molecular complexity index is 559. The maximum atomic E-state index is 13.8. The van der Waals surface area contributed by atoms with Gasteiger partial charge in [0.2, 0.25) is 0 Å². The van der Waals surface area contributed by atoms with Gasteiger partial charge in [0.25, 0.3) is 5.91 Å². The fourth-order valence-electron chi connectivity index (χ4n) is 1.63. The molecule has 0 aliphatic carbocycles. The molecule has 4 nitrogen and oxygen atoms in total. The highest BCUT2D eigenvalue weighted by Gasteiger charge is 2.14. The molecule has 0 saturated heterocycles. The highest BCUT2D eigenvalue weighted by molar-refractivity contribution is 5.94. The SMILES string of the molecule is CC(C)(C)CCNC(=O)c1ccc(/C=C/C(=O)O)cc1F. The van der Waals surface area contributed by atoms with Crippen molar-refractivity contribution in [2.24, 2.45) is 5.41 Å². The molecule has 0 radical (unpaired) electrons. The van der Waals surface area contributed by atoms with E-state index in [9.17, 15) is 14.0 Å². The van der Waals surface area contributed by atoms with Crippen molar-refractivity contribution in [3.8, 4) is 0 Å². The van der Waals surface area contributed by atoms with E-state index >= 15 is 0 Å². The molecule has 0 bridgehead atoms. The van der Waals surface area contributed by atoms with E-state index in [-0.39, 0.29) is 11.0 Å². The fraction of sp³-hybridized carbons (Fsp3) is 0.375. The van der Waals surface area contributed by atoms with E-state index in [4.69, 9.17) is 5.11 Å². The van der Waals surface area contributed by atoms with Gasteiger partial charge in [-0.2, -0.15) is 0 Å². The molecule has 0 aliphatic heterocycles. The van der Waals surface area contributed by atoms with E-state index < -0.39 is 17.7 Å². The third-order valence-corrected chi connectivity index (χ3v) is 2.82. The van der Waals surface area contributed by atoms with Crippen LogP contribution < -0.4 is 5.32 Å². The predicted octanol–water partition coefficient (Wildman–Crippen LogP) is 3.09. The van der Waals surface area contributed by atoms with E-state index in [1.165, 1.54) is 18.2 Å². The molecule has 1 aromatic rings. The Kier molecular flexibility index (Phi) is 5.64. The van der Waals surface area contributed by atoms with Crippen LogP contribution in [0.25, 0.3) is 6.08 Å². The number of carbonyl (C=O) groups excluding carboxylic acids is 1. The molecule has 0 atom stereocenters. The summed E-state index contributed by atoms with van der Waals surface area (Å²) >= 11 is 0. The molecular weight excluding hydrogens is 273 g/mol. The first-order chi connectivity index (χ1) is 9.69. The number of hydrogen-bond acceptors (Lipinski definition) is 2. The molecule has 0 heterocycles. The molecule has 114 valence electrons. The number of amides is 1. The Labute approximate surface area is 123 Å². The Morgan fingerprint density at radius 2 is 2.00 bits per heavy atom. The van der Waals surface area contributed by atoms with Crippen LogP contribution in [-0.4, -0.2) is 23.5 Å². The maximum Gasteiger partial charge on any atom is 0.328 e. The van der Waals surface area contributed by atoms with Gasteiger partial charge in [-0.25, -0.2) is 9.18 Å². The van der Waals surface area contributed by atoms with Gasteiger partial charge in [-0.3, -0.25) is 4.79 Å². The molecule has 0 spiro atoms. The highest BCUT2D eigenvalue weighted by atomic mass is 19.1. The number of nitrogens with one attached hydrogen (secondary N) is 1. The molecule has 0 saturated carbocycles. The normalized spacial score (nSPS) is 11.6. The van der Waals surface area contributed by atoms with Gasteiger partial charge >= 0.3 is 5.97 Å². The number of carbonyl (C=O) groups is 2. The number of rotatable bonds is 5. The molecule has 0 aliphatic rings. The van der Waals surface area contributed by atoms with Gasteiger partial charge in [0.15, 0.2) is 0 Å². The van der Waals surface area contributed by atoms with Crippen LogP contribution in [0.3, 0.4) is 0 Å². The zero-order valence-corrected chi connectivity index (χ0v) is 12.4.